The Balaban J connectivity index is 2.94. The number of hydrogen-bond donors (Lipinski definition) is 2. The SMILES string of the molecule is CNC(CN(C)c1cc(C)c(OC)c(C)c1)C(=O)O. The number of nitrogens with one attached hydrogen (secondary N) is 1. The fourth-order valence-electron chi connectivity index (χ4n) is 2.14. The minimum absolute atomic E-state index is 0.400. The van der Waals surface area contributed by atoms with Crippen LogP contribution in [0.2, 0.25) is 0 Å². The van der Waals surface area contributed by atoms with E-state index in [0.29, 0.717) is 6.54 Å². The van der Waals surface area contributed by atoms with Crippen molar-refractivity contribution in [3.63, 3.8) is 0 Å². The van der Waals surface area contributed by atoms with Crippen molar-refractivity contribution in [2.75, 3.05) is 32.6 Å². The lowest BCUT2D eigenvalue weighted by Crippen LogP contribution is -2.43. The quantitative estimate of drug-likeness (QED) is 0.815. The molecule has 0 saturated carbocycles. The van der Waals surface area contributed by atoms with Gasteiger partial charge in [0.2, 0.25) is 0 Å². The van der Waals surface area contributed by atoms with Crippen LogP contribution in [0.15, 0.2) is 12.1 Å². The number of carbonyl (C=O) groups is 1. The van der Waals surface area contributed by atoms with E-state index in [9.17, 15) is 4.79 Å². The van der Waals surface area contributed by atoms with E-state index in [0.717, 1.165) is 22.6 Å². The van der Waals surface area contributed by atoms with Crippen LogP contribution in [-0.2, 0) is 4.79 Å². The van der Waals surface area contributed by atoms with Crippen molar-refractivity contribution in [3.8, 4) is 5.75 Å². The zero-order valence-electron chi connectivity index (χ0n) is 12.2. The number of rotatable bonds is 6. The minimum atomic E-state index is -0.851. The van der Waals surface area contributed by atoms with Gasteiger partial charge in [-0.2, -0.15) is 0 Å². The topological polar surface area (TPSA) is 61.8 Å². The van der Waals surface area contributed by atoms with Gasteiger partial charge in [0.15, 0.2) is 0 Å². The van der Waals surface area contributed by atoms with Gasteiger partial charge < -0.3 is 20.1 Å². The molecule has 0 amide bonds. The first-order chi connectivity index (χ1) is 8.90. The molecular weight excluding hydrogens is 244 g/mol. The van der Waals surface area contributed by atoms with Crippen molar-refractivity contribution in [1.82, 2.24) is 5.32 Å². The van der Waals surface area contributed by atoms with Gasteiger partial charge in [0.1, 0.15) is 11.8 Å². The zero-order chi connectivity index (χ0) is 14.6. The number of carboxylic acids is 1. The van der Waals surface area contributed by atoms with Gasteiger partial charge in [-0.15, -0.1) is 0 Å². The van der Waals surface area contributed by atoms with Crippen LogP contribution in [0.25, 0.3) is 0 Å². The summed E-state index contributed by atoms with van der Waals surface area (Å²) in [5, 5.41) is 11.8. The Morgan fingerprint density at radius 3 is 2.32 bits per heavy atom. The zero-order valence-corrected chi connectivity index (χ0v) is 12.2. The van der Waals surface area contributed by atoms with E-state index in [4.69, 9.17) is 9.84 Å². The Kier molecular flexibility index (Phi) is 5.18. The van der Waals surface area contributed by atoms with Gasteiger partial charge in [0.05, 0.1) is 7.11 Å². The molecule has 0 aliphatic heterocycles. The lowest BCUT2D eigenvalue weighted by atomic mass is 10.1. The number of nitrogens with zero attached hydrogens (tertiary/aromatic N) is 1. The Bertz CT molecular complexity index is 437. The lowest BCUT2D eigenvalue weighted by Gasteiger charge is -2.24. The van der Waals surface area contributed by atoms with Crippen molar-refractivity contribution >= 4 is 11.7 Å². The van der Waals surface area contributed by atoms with Gasteiger partial charge in [-0.25, -0.2) is 0 Å². The number of anilines is 1. The van der Waals surface area contributed by atoms with Crippen LogP contribution in [0.4, 0.5) is 5.69 Å². The summed E-state index contributed by atoms with van der Waals surface area (Å²) in [4.78, 5) is 12.9. The second kappa shape index (κ2) is 6.43. The highest BCUT2D eigenvalue weighted by Gasteiger charge is 2.18. The van der Waals surface area contributed by atoms with Crippen molar-refractivity contribution in [1.29, 1.82) is 0 Å². The molecule has 0 saturated heterocycles. The Morgan fingerprint density at radius 2 is 1.95 bits per heavy atom. The van der Waals surface area contributed by atoms with Crippen LogP contribution in [-0.4, -0.2) is 44.9 Å². The number of likely N-dealkylation sites (N-methyl/N-ethyl adjacent to an activating group) is 2. The first-order valence-electron chi connectivity index (χ1n) is 6.17. The molecule has 0 heterocycles. The molecule has 0 bridgehead atoms. The first-order valence-corrected chi connectivity index (χ1v) is 6.17. The summed E-state index contributed by atoms with van der Waals surface area (Å²) in [5.41, 5.74) is 3.07. The third kappa shape index (κ3) is 3.61. The van der Waals surface area contributed by atoms with E-state index in [-0.39, 0.29) is 0 Å². The Hall–Kier alpha value is -1.75. The first kappa shape index (κ1) is 15.3. The molecular formula is C14H22N2O3. The molecule has 2 N–H and O–H groups in total. The van der Waals surface area contributed by atoms with Crippen LogP contribution in [0.3, 0.4) is 0 Å². The number of benzene rings is 1. The summed E-state index contributed by atoms with van der Waals surface area (Å²) in [5.74, 6) is 0.0249. The van der Waals surface area contributed by atoms with Gasteiger partial charge in [-0.3, -0.25) is 4.79 Å². The molecule has 1 unspecified atom stereocenters. The summed E-state index contributed by atoms with van der Waals surface area (Å²) in [6, 6.07) is 3.41. The molecule has 106 valence electrons. The van der Waals surface area contributed by atoms with Crippen molar-refractivity contribution in [2.45, 2.75) is 19.9 Å². The van der Waals surface area contributed by atoms with E-state index >= 15 is 0 Å². The van der Waals surface area contributed by atoms with E-state index in [1.165, 1.54) is 0 Å². The highest BCUT2D eigenvalue weighted by molar-refractivity contribution is 5.74. The van der Waals surface area contributed by atoms with Gasteiger partial charge in [0, 0.05) is 19.3 Å². The van der Waals surface area contributed by atoms with Crippen molar-refractivity contribution < 1.29 is 14.6 Å². The van der Waals surface area contributed by atoms with Crippen LogP contribution in [0.1, 0.15) is 11.1 Å². The van der Waals surface area contributed by atoms with E-state index in [2.05, 4.69) is 5.32 Å². The average molecular weight is 266 g/mol. The molecule has 5 nitrogen and oxygen atoms in total. The highest BCUT2D eigenvalue weighted by atomic mass is 16.5. The molecule has 0 aliphatic rings. The van der Waals surface area contributed by atoms with Gasteiger partial charge in [-0.05, 0) is 44.2 Å². The summed E-state index contributed by atoms with van der Waals surface area (Å²) < 4.78 is 5.33. The van der Waals surface area contributed by atoms with Crippen LogP contribution < -0.4 is 15.0 Å². The molecule has 1 aromatic rings. The predicted molar refractivity (Wildman–Crippen MR) is 76.2 cm³/mol. The van der Waals surface area contributed by atoms with Crippen molar-refractivity contribution in [3.05, 3.63) is 23.3 Å². The van der Waals surface area contributed by atoms with E-state index < -0.39 is 12.0 Å². The molecule has 5 heteroatoms. The summed E-state index contributed by atoms with van der Waals surface area (Å²) in [6.45, 7) is 4.36. The van der Waals surface area contributed by atoms with Crippen LogP contribution >= 0.6 is 0 Å². The second-order valence-corrected chi connectivity index (χ2v) is 4.67. The molecule has 1 rings (SSSR count). The molecule has 1 aromatic carbocycles. The van der Waals surface area contributed by atoms with Crippen LogP contribution in [0.5, 0.6) is 5.75 Å². The maximum Gasteiger partial charge on any atom is 0.322 e. The lowest BCUT2D eigenvalue weighted by molar-refractivity contribution is -0.139. The number of ether oxygens (including phenoxy) is 1. The average Bonchev–Trinajstić information content (AvgIpc) is 2.34. The van der Waals surface area contributed by atoms with Crippen molar-refractivity contribution in [2.24, 2.45) is 0 Å². The number of aryl methyl sites for hydroxylation is 2. The Labute approximate surface area is 114 Å². The number of hydrogen-bond acceptors (Lipinski definition) is 4. The van der Waals surface area contributed by atoms with Crippen LogP contribution in [0, 0.1) is 13.8 Å². The minimum Gasteiger partial charge on any atom is -0.496 e. The summed E-state index contributed by atoms with van der Waals surface area (Å²) in [6.07, 6.45) is 0. The molecule has 0 aliphatic carbocycles. The summed E-state index contributed by atoms with van der Waals surface area (Å²) in [7, 11) is 5.19. The Morgan fingerprint density at radius 1 is 1.42 bits per heavy atom. The predicted octanol–water partition coefficient (Wildman–Crippen LogP) is 1.42. The third-order valence-corrected chi connectivity index (χ3v) is 3.19. The smallest absolute Gasteiger partial charge is 0.322 e. The standard InChI is InChI=1S/C14H22N2O3/c1-9-6-11(7-10(2)13(9)19-5)16(4)8-12(15-3)14(17)18/h6-7,12,15H,8H2,1-5H3,(H,17,18). The monoisotopic (exact) mass is 266 g/mol. The molecule has 19 heavy (non-hydrogen) atoms. The maximum absolute atomic E-state index is 11.0. The second-order valence-electron chi connectivity index (χ2n) is 4.67. The molecule has 1 atom stereocenters. The fourth-order valence-corrected chi connectivity index (χ4v) is 2.14. The molecule has 0 spiro atoms. The largest absolute Gasteiger partial charge is 0.496 e. The van der Waals surface area contributed by atoms with E-state index in [1.807, 2.05) is 37.9 Å². The molecule has 0 radical (unpaired) electrons. The number of aliphatic carboxylic acids is 1. The normalized spacial score (nSPS) is 12.1. The van der Waals surface area contributed by atoms with E-state index in [1.54, 1.807) is 14.2 Å². The number of methoxy groups -OCH3 is 1. The maximum atomic E-state index is 11.0. The fraction of sp³-hybridized carbons (Fsp3) is 0.500. The van der Waals surface area contributed by atoms with Gasteiger partial charge >= 0.3 is 5.97 Å². The van der Waals surface area contributed by atoms with Gasteiger partial charge in [-0.1, -0.05) is 0 Å². The molecule has 0 fully saturated rings. The third-order valence-electron chi connectivity index (χ3n) is 3.19. The summed E-state index contributed by atoms with van der Waals surface area (Å²) >= 11 is 0. The highest BCUT2D eigenvalue weighted by Crippen LogP contribution is 2.28. The van der Waals surface area contributed by atoms with Gasteiger partial charge in [0.25, 0.3) is 0 Å². The molecule has 0 aromatic heterocycles. The number of carboxylic acid groups (broad SMARTS) is 1.